The molecule has 80 valence electrons. The standard InChI is InChI=1S/C14H24/c1-5-10-14(8-4)12-9-11-13(6-2)7-3/h5,8,11H,1,6-7,9-10,12H2,2-4H3/b14-8+. The summed E-state index contributed by atoms with van der Waals surface area (Å²) < 4.78 is 0. The van der Waals surface area contributed by atoms with E-state index in [0.29, 0.717) is 0 Å². The molecule has 0 amide bonds. The molecule has 0 atom stereocenters. The maximum atomic E-state index is 3.77. The highest BCUT2D eigenvalue weighted by Gasteiger charge is 1.93. The maximum Gasteiger partial charge on any atom is -0.0142 e. The van der Waals surface area contributed by atoms with E-state index < -0.39 is 0 Å². The fourth-order valence-corrected chi connectivity index (χ4v) is 1.55. The molecule has 0 N–H and O–H groups in total. The van der Waals surface area contributed by atoms with Gasteiger partial charge in [0.2, 0.25) is 0 Å². The van der Waals surface area contributed by atoms with Gasteiger partial charge in [-0.3, -0.25) is 0 Å². The Bertz CT molecular complexity index is 200. The zero-order valence-electron chi connectivity index (χ0n) is 9.97. The molecule has 0 aromatic carbocycles. The second-order valence-corrected chi connectivity index (χ2v) is 3.55. The number of rotatable bonds is 7. The van der Waals surface area contributed by atoms with Gasteiger partial charge in [0.15, 0.2) is 0 Å². The van der Waals surface area contributed by atoms with Gasteiger partial charge in [-0.25, -0.2) is 0 Å². The Kier molecular flexibility index (Phi) is 8.31. The largest absolute Gasteiger partial charge is 0.103 e. The average Bonchev–Trinajstić information content (AvgIpc) is 2.23. The minimum Gasteiger partial charge on any atom is -0.103 e. The Morgan fingerprint density at radius 3 is 2.21 bits per heavy atom. The van der Waals surface area contributed by atoms with Crippen LogP contribution in [0.25, 0.3) is 0 Å². The van der Waals surface area contributed by atoms with Crippen LogP contribution in [-0.4, -0.2) is 0 Å². The highest BCUT2D eigenvalue weighted by molar-refractivity contribution is 5.08. The van der Waals surface area contributed by atoms with Crippen molar-refractivity contribution in [1.29, 1.82) is 0 Å². The Balaban J connectivity index is 3.91. The van der Waals surface area contributed by atoms with E-state index in [-0.39, 0.29) is 0 Å². The zero-order valence-corrected chi connectivity index (χ0v) is 9.97. The number of allylic oxidation sites excluding steroid dienone is 5. The van der Waals surface area contributed by atoms with E-state index in [1.165, 1.54) is 31.3 Å². The highest BCUT2D eigenvalue weighted by atomic mass is 14.0. The molecule has 0 bridgehead atoms. The molecule has 0 rings (SSSR count). The van der Waals surface area contributed by atoms with Gasteiger partial charge < -0.3 is 0 Å². The van der Waals surface area contributed by atoms with Gasteiger partial charge in [0.1, 0.15) is 0 Å². The molecule has 0 aliphatic rings. The lowest BCUT2D eigenvalue weighted by molar-refractivity contribution is 0.895. The third-order valence-corrected chi connectivity index (χ3v) is 2.62. The van der Waals surface area contributed by atoms with Crippen molar-refractivity contribution in [2.45, 2.75) is 52.9 Å². The molecular formula is C14H24. The van der Waals surface area contributed by atoms with Gasteiger partial charge in [0, 0.05) is 0 Å². The molecule has 14 heavy (non-hydrogen) atoms. The first-order valence-electron chi connectivity index (χ1n) is 5.71. The summed E-state index contributed by atoms with van der Waals surface area (Å²) in [5.41, 5.74) is 3.09. The molecule has 0 heteroatoms. The van der Waals surface area contributed by atoms with Crippen LogP contribution in [0.1, 0.15) is 52.9 Å². The van der Waals surface area contributed by atoms with E-state index in [1.54, 1.807) is 5.57 Å². The van der Waals surface area contributed by atoms with Crippen LogP contribution in [0.2, 0.25) is 0 Å². The Morgan fingerprint density at radius 1 is 1.14 bits per heavy atom. The highest BCUT2D eigenvalue weighted by Crippen LogP contribution is 2.13. The smallest absolute Gasteiger partial charge is 0.0142 e. The number of hydrogen-bond donors (Lipinski definition) is 0. The Hall–Kier alpha value is -0.780. The first-order valence-corrected chi connectivity index (χ1v) is 5.71. The van der Waals surface area contributed by atoms with Crippen LogP contribution in [0.5, 0.6) is 0 Å². The molecule has 0 fully saturated rings. The Morgan fingerprint density at radius 2 is 1.79 bits per heavy atom. The van der Waals surface area contributed by atoms with Gasteiger partial charge in [-0.05, 0) is 39.0 Å². The summed E-state index contributed by atoms with van der Waals surface area (Å²) in [6, 6.07) is 0. The normalized spacial score (nSPS) is 11.2. The summed E-state index contributed by atoms with van der Waals surface area (Å²) in [4.78, 5) is 0. The van der Waals surface area contributed by atoms with Crippen LogP contribution in [0.15, 0.2) is 36.0 Å². The predicted octanol–water partition coefficient (Wildman–Crippen LogP) is 5.04. The summed E-state index contributed by atoms with van der Waals surface area (Å²) in [5, 5.41) is 0. The van der Waals surface area contributed by atoms with Gasteiger partial charge in [-0.1, -0.05) is 43.2 Å². The van der Waals surface area contributed by atoms with E-state index >= 15 is 0 Å². The molecule has 0 aromatic rings. The Labute approximate surface area is 89.4 Å². The fraction of sp³-hybridized carbons (Fsp3) is 0.571. The molecule has 0 aliphatic carbocycles. The lowest BCUT2D eigenvalue weighted by atomic mass is 10.0. The summed E-state index contributed by atoms with van der Waals surface area (Å²) in [5.74, 6) is 0. The third kappa shape index (κ3) is 5.80. The summed E-state index contributed by atoms with van der Waals surface area (Å²) in [7, 11) is 0. The van der Waals surface area contributed by atoms with E-state index in [4.69, 9.17) is 0 Å². The van der Waals surface area contributed by atoms with E-state index in [2.05, 4.69) is 39.5 Å². The summed E-state index contributed by atoms with van der Waals surface area (Å²) in [6.07, 6.45) is 12.4. The minimum absolute atomic E-state index is 1.04. The lowest BCUT2D eigenvalue weighted by Crippen LogP contribution is -1.83. The zero-order chi connectivity index (χ0) is 10.8. The van der Waals surface area contributed by atoms with Gasteiger partial charge in [0.25, 0.3) is 0 Å². The van der Waals surface area contributed by atoms with Gasteiger partial charge in [-0.2, -0.15) is 0 Å². The first-order chi connectivity index (χ1) is 6.78. The monoisotopic (exact) mass is 192 g/mol. The summed E-state index contributed by atoms with van der Waals surface area (Å²) in [6.45, 7) is 10.3. The molecule has 0 radical (unpaired) electrons. The van der Waals surface area contributed by atoms with Gasteiger partial charge in [0.05, 0.1) is 0 Å². The summed E-state index contributed by atoms with van der Waals surface area (Å²) >= 11 is 0. The minimum atomic E-state index is 1.04. The maximum absolute atomic E-state index is 3.77. The van der Waals surface area contributed by atoms with Crippen molar-refractivity contribution < 1.29 is 0 Å². The lowest BCUT2D eigenvalue weighted by Gasteiger charge is -2.03. The molecule has 0 aliphatic heterocycles. The van der Waals surface area contributed by atoms with Crippen molar-refractivity contribution in [3.63, 3.8) is 0 Å². The molecule has 0 saturated carbocycles. The molecule has 0 aromatic heterocycles. The van der Waals surface area contributed by atoms with Crippen molar-refractivity contribution >= 4 is 0 Å². The van der Waals surface area contributed by atoms with Gasteiger partial charge >= 0.3 is 0 Å². The van der Waals surface area contributed by atoms with Crippen molar-refractivity contribution in [2.24, 2.45) is 0 Å². The van der Waals surface area contributed by atoms with Crippen molar-refractivity contribution in [1.82, 2.24) is 0 Å². The molecular weight excluding hydrogens is 168 g/mol. The SMILES string of the molecule is C=CC/C(=C\C)CCC=C(CC)CC. The second kappa shape index (κ2) is 8.80. The van der Waals surface area contributed by atoms with Crippen molar-refractivity contribution in [3.05, 3.63) is 36.0 Å². The molecule has 0 unspecified atom stereocenters. The topological polar surface area (TPSA) is 0 Å². The van der Waals surface area contributed by atoms with E-state index in [1.807, 2.05) is 6.08 Å². The molecule has 0 spiro atoms. The van der Waals surface area contributed by atoms with Gasteiger partial charge in [-0.15, -0.1) is 6.58 Å². The quantitative estimate of drug-likeness (QED) is 0.496. The van der Waals surface area contributed by atoms with Crippen molar-refractivity contribution in [2.75, 3.05) is 0 Å². The van der Waals surface area contributed by atoms with Crippen LogP contribution < -0.4 is 0 Å². The average molecular weight is 192 g/mol. The van der Waals surface area contributed by atoms with Crippen LogP contribution in [0.4, 0.5) is 0 Å². The molecule has 0 heterocycles. The second-order valence-electron chi connectivity index (χ2n) is 3.55. The predicted molar refractivity (Wildman–Crippen MR) is 66.5 cm³/mol. The van der Waals surface area contributed by atoms with Crippen molar-refractivity contribution in [3.8, 4) is 0 Å². The molecule has 0 saturated heterocycles. The van der Waals surface area contributed by atoms with Crippen LogP contribution >= 0.6 is 0 Å². The first kappa shape index (κ1) is 13.2. The van der Waals surface area contributed by atoms with Crippen LogP contribution in [0, 0.1) is 0 Å². The molecule has 0 nitrogen and oxygen atoms in total. The van der Waals surface area contributed by atoms with Crippen LogP contribution in [-0.2, 0) is 0 Å². The fourth-order valence-electron chi connectivity index (χ4n) is 1.55. The van der Waals surface area contributed by atoms with E-state index in [0.717, 1.165) is 6.42 Å². The van der Waals surface area contributed by atoms with E-state index in [9.17, 15) is 0 Å². The number of hydrogen-bond acceptors (Lipinski definition) is 0. The van der Waals surface area contributed by atoms with Crippen LogP contribution in [0.3, 0.4) is 0 Å². The third-order valence-electron chi connectivity index (χ3n) is 2.62.